The van der Waals surface area contributed by atoms with E-state index in [9.17, 15) is 9.18 Å². The number of hydrogen-bond donors (Lipinski definition) is 1. The van der Waals surface area contributed by atoms with E-state index < -0.39 is 0 Å². The second kappa shape index (κ2) is 9.49. The molecule has 2 heterocycles. The van der Waals surface area contributed by atoms with Crippen molar-refractivity contribution in [3.63, 3.8) is 0 Å². The Labute approximate surface area is 200 Å². The van der Waals surface area contributed by atoms with Gasteiger partial charge in [-0.1, -0.05) is 11.6 Å². The van der Waals surface area contributed by atoms with Crippen molar-refractivity contribution in [1.82, 2.24) is 10.2 Å². The maximum absolute atomic E-state index is 13.1. The molecule has 3 aromatic carbocycles. The summed E-state index contributed by atoms with van der Waals surface area (Å²) in [6, 6.07) is 19.6. The summed E-state index contributed by atoms with van der Waals surface area (Å²) in [5, 5.41) is 11.3. The number of carbonyl (C=O) groups is 1. The summed E-state index contributed by atoms with van der Waals surface area (Å²) in [7, 11) is 0. The number of nitrogens with one attached hydrogen (secondary N) is 1. The number of amides is 1. The van der Waals surface area contributed by atoms with Crippen molar-refractivity contribution >= 4 is 23.3 Å². The Bertz CT molecular complexity index is 1330. The molecule has 1 amide bonds. The van der Waals surface area contributed by atoms with E-state index in [1.54, 1.807) is 54.6 Å². The van der Waals surface area contributed by atoms with Crippen LogP contribution in [0.25, 0.3) is 11.3 Å². The van der Waals surface area contributed by atoms with Crippen molar-refractivity contribution in [2.45, 2.75) is 12.8 Å². The van der Waals surface area contributed by atoms with Gasteiger partial charge in [-0.15, -0.1) is 10.2 Å². The van der Waals surface area contributed by atoms with E-state index in [4.69, 9.17) is 21.1 Å². The maximum atomic E-state index is 13.1. The first-order valence-electron chi connectivity index (χ1n) is 10.7. The van der Waals surface area contributed by atoms with Gasteiger partial charge in [0.2, 0.25) is 0 Å². The molecular formula is C26H19ClFN3O3. The summed E-state index contributed by atoms with van der Waals surface area (Å²) in [6.07, 6.45) is 1.90. The number of nitrogens with zero attached hydrogens (tertiary/aromatic N) is 2. The van der Waals surface area contributed by atoms with E-state index in [2.05, 4.69) is 15.5 Å². The van der Waals surface area contributed by atoms with Crippen LogP contribution in [0, 0.1) is 5.82 Å². The van der Waals surface area contributed by atoms with Gasteiger partial charge in [0.25, 0.3) is 5.91 Å². The molecule has 34 heavy (non-hydrogen) atoms. The summed E-state index contributed by atoms with van der Waals surface area (Å²) in [5.74, 6) is 1.46. The minimum absolute atomic E-state index is 0.303. The van der Waals surface area contributed by atoms with E-state index in [0.29, 0.717) is 40.2 Å². The highest BCUT2D eigenvalue weighted by Gasteiger charge is 2.15. The molecule has 0 fully saturated rings. The van der Waals surface area contributed by atoms with Crippen molar-refractivity contribution in [2.75, 3.05) is 11.9 Å². The molecule has 0 saturated carbocycles. The van der Waals surface area contributed by atoms with E-state index in [-0.39, 0.29) is 11.7 Å². The van der Waals surface area contributed by atoms with E-state index >= 15 is 0 Å². The van der Waals surface area contributed by atoms with Crippen LogP contribution in [0.4, 0.5) is 10.2 Å². The fraction of sp³-hybridized carbons (Fsp3) is 0.115. The summed E-state index contributed by atoms with van der Waals surface area (Å²) in [4.78, 5) is 12.6. The van der Waals surface area contributed by atoms with Gasteiger partial charge in [0.05, 0.1) is 17.3 Å². The lowest BCUT2D eigenvalue weighted by molar-refractivity contribution is 0.102. The van der Waals surface area contributed by atoms with Crippen molar-refractivity contribution in [3.05, 3.63) is 94.8 Å². The van der Waals surface area contributed by atoms with Crippen molar-refractivity contribution in [3.8, 4) is 28.5 Å². The summed E-state index contributed by atoms with van der Waals surface area (Å²) >= 11 is 6.37. The van der Waals surface area contributed by atoms with Gasteiger partial charge in [-0.25, -0.2) is 4.39 Å². The van der Waals surface area contributed by atoms with Gasteiger partial charge in [0.1, 0.15) is 23.1 Å². The Morgan fingerprint density at radius 1 is 1.00 bits per heavy atom. The van der Waals surface area contributed by atoms with Crippen LogP contribution in [0.2, 0.25) is 5.02 Å². The monoisotopic (exact) mass is 475 g/mol. The number of halogens is 2. The SMILES string of the molecule is O=C(Nc1ccc(-c2ccc(F)cc2)nn1)c1ccc(Oc2cc3c(cc2Cl)CCCO3)cc1. The lowest BCUT2D eigenvalue weighted by Gasteiger charge is -2.19. The van der Waals surface area contributed by atoms with E-state index in [1.807, 2.05) is 6.07 Å². The molecule has 1 aliphatic rings. The third kappa shape index (κ3) is 4.84. The first-order valence-corrected chi connectivity index (χ1v) is 11.1. The smallest absolute Gasteiger partial charge is 0.256 e. The average molecular weight is 476 g/mol. The highest BCUT2D eigenvalue weighted by Crippen LogP contribution is 2.37. The Morgan fingerprint density at radius 2 is 1.79 bits per heavy atom. The molecule has 0 unspecified atom stereocenters. The second-order valence-electron chi connectivity index (χ2n) is 7.73. The number of carbonyl (C=O) groups excluding carboxylic acids is 1. The molecule has 0 saturated heterocycles. The summed E-state index contributed by atoms with van der Waals surface area (Å²) in [5.41, 5.74) is 2.81. The number of aryl methyl sites for hydroxylation is 1. The molecule has 170 valence electrons. The molecule has 0 aliphatic carbocycles. The molecule has 0 radical (unpaired) electrons. The zero-order valence-corrected chi connectivity index (χ0v) is 18.7. The average Bonchev–Trinajstić information content (AvgIpc) is 2.86. The van der Waals surface area contributed by atoms with Crippen LogP contribution in [0.15, 0.2) is 72.8 Å². The molecule has 6 nitrogen and oxygen atoms in total. The lowest BCUT2D eigenvalue weighted by Crippen LogP contribution is -2.13. The highest BCUT2D eigenvalue weighted by molar-refractivity contribution is 6.32. The van der Waals surface area contributed by atoms with Crippen LogP contribution in [0.3, 0.4) is 0 Å². The third-order valence-corrected chi connectivity index (χ3v) is 5.65. The van der Waals surface area contributed by atoms with Gasteiger partial charge < -0.3 is 14.8 Å². The Morgan fingerprint density at radius 3 is 2.53 bits per heavy atom. The Balaban J connectivity index is 1.24. The van der Waals surface area contributed by atoms with Gasteiger partial charge in [-0.05, 0) is 85.1 Å². The van der Waals surface area contributed by atoms with Crippen LogP contribution < -0.4 is 14.8 Å². The Kier molecular flexibility index (Phi) is 6.10. The number of benzene rings is 3. The second-order valence-corrected chi connectivity index (χ2v) is 8.14. The van der Waals surface area contributed by atoms with E-state index in [0.717, 1.165) is 29.7 Å². The largest absolute Gasteiger partial charge is 0.493 e. The van der Waals surface area contributed by atoms with Crippen LogP contribution in [-0.2, 0) is 6.42 Å². The number of aromatic nitrogens is 2. The summed E-state index contributed by atoms with van der Waals surface area (Å²) < 4.78 is 24.7. The molecular weight excluding hydrogens is 457 g/mol. The van der Waals surface area contributed by atoms with Gasteiger partial charge in [0, 0.05) is 17.2 Å². The summed E-state index contributed by atoms with van der Waals surface area (Å²) in [6.45, 7) is 0.678. The molecule has 5 rings (SSSR count). The molecule has 0 bridgehead atoms. The first kappa shape index (κ1) is 21.9. The minimum Gasteiger partial charge on any atom is -0.493 e. The normalized spacial score (nSPS) is 12.4. The van der Waals surface area contributed by atoms with Gasteiger partial charge in [-0.3, -0.25) is 4.79 Å². The molecule has 0 spiro atoms. The van der Waals surface area contributed by atoms with Crippen molar-refractivity contribution < 1.29 is 18.7 Å². The van der Waals surface area contributed by atoms with Crippen LogP contribution in [0.1, 0.15) is 22.3 Å². The molecule has 1 N–H and O–H groups in total. The quantitative estimate of drug-likeness (QED) is 0.366. The first-order chi connectivity index (χ1) is 16.5. The van der Waals surface area contributed by atoms with E-state index in [1.165, 1.54) is 12.1 Å². The lowest BCUT2D eigenvalue weighted by atomic mass is 10.1. The number of ether oxygens (including phenoxy) is 2. The molecule has 1 aliphatic heterocycles. The van der Waals surface area contributed by atoms with Crippen LogP contribution in [0.5, 0.6) is 17.2 Å². The third-order valence-electron chi connectivity index (χ3n) is 5.35. The maximum Gasteiger partial charge on any atom is 0.256 e. The predicted octanol–water partition coefficient (Wildman–Crippen LogP) is 6.31. The van der Waals surface area contributed by atoms with Crippen LogP contribution in [-0.4, -0.2) is 22.7 Å². The number of hydrogen-bond acceptors (Lipinski definition) is 5. The number of anilines is 1. The van der Waals surface area contributed by atoms with Crippen LogP contribution >= 0.6 is 11.6 Å². The topological polar surface area (TPSA) is 73.3 Å². The Hall–Kier alpha value is -3.97. The van der Waals surface area contributed by atoms with Gasteiger partial charge in [-0.2, -0.15) is 0 Å². The molecule has 1 aromatic heterocycles. The predicted molar refractivity (Wildman–Crippen MR) is 127 cm³/mol. The highest BCUT2D eigenvalue weighted by atomic mass is 35.5. The fourth-order valence-corrected chi connectivity index (χ4v) is 3.82. The van der Waals surface area contributed by atoms with Gasteiger partial charge in [0.15, 0.2) is 5.82 Å². The van der Waals surface area contributed by atoms with Crippen molar-refractivity contribution in [1.29, 1.82) is 0 Å². The molecule has 0 atom stereocenters. The minimum atomic E-state index is -0.337. The standard InChI is InChI=1S/C26H19ClFN3O3/c27-21-14-18-2-1-13-33-23(18)15-24(21)34-20-9-5-17(6-10-20)26(32)29-25-12-11-22(30-31-25)16-3-7-19(28)8-4-16/h3-12,14-15H,1-2,13H2,(H,29,31,32). The zero-order valence-electron chi connectivity index (χ0n) is 17.9. The van der Waals surface area contributed by atoms with Crippen molar-refractivity contribution in [2.24, 2.45) is 0 Å². The number of rotatable bonds is 5. The number of fused-ring (bicyclic) bond motifs is 1. The molecule has 4 aromatic rings. The zero-order chi connectivity index (χ0) is 23.5. The fourth-order valence-electron chi connectivity index (χ4n) is 3.59. The molecule has 8 heteroatoms. The van der Waals surface area contributed by atoms with Gasteiger partial charge >= 0.3 is 0 Å².